The number of benzene rings is 1. The summed E-state index contributed by atoms with van der Waals surface area (Å²) >= 11 is 0. The van der Waals surface area contributed by atoms with Crippen LogP contribution < -0.4 is 10.6 Å². The molecule has 1 aromatic carbocycles. The molecule has 1 fully saturated rings. The summed E-state index contributed by atoms with van der Waals surface area (Å²) < 4.78 is 0. The molecule has 0 aliphatic carbocycles. The van der Waals surface area contributed by atoms with Gasteiger partial charge in [0.1, 0.15) is 0 Å². The Morgan fingerprint density at radius 2 is 2.17 bits per heavy atom. The highest BCUT2D eigenvalue weighted by atomic mass is 15.2. The first-order chi connectivity index (χ1) is 11.8. The van der Waals surface area contributed by atoms with Gasteiger partial charge in [0.15, 0.2) is 5.96 Å². The van der Waals surface area contributed by atoms with Crippen LogP contribution in [-0.4, -0.2) is 48.6 Å². The lowest BCUT2D eigenvalue weighted by Crippen LogP contribution is -2.44. The smallest absolute Gasteiger partial charge is 0.191 e. The first-order valence-electron chi connectivity index (χ1n) is 8.83. The minimum atomic E-state index is 0.618. The van der Waals surface area contributed by atoms with Gasteiger partial charge in [-0.15, -0.1) is 0 Å². The molecule has 2 aromatic rings. The molecule has 1 saturated heterocycles. The van der Waals surface area contributed by atoms with Crippen LogP contribution in [-0.2, 0) is 6.54 Å². The Bertz CT molecular complexity index is 692. The molecular weight excluding hydrogens is 298 g/mol. The third kappa shape index (κ3) is 3.85. The lowest BCUT2D eigenvalue weighted by molar-refractivity contribution is 0.267. The van der Waals surface area contributed by atoms with Crippen LogP contribution in [0.5, 0.6) is 0 Å². The van der Waals surface area contributed by atoms with E-state index in [0.717, 1.165) is 31.1 Å². The third-order valence-electron chi connectivity index (χ3n) is 4.80. The van der Waals surface area contributed by atoms with Crippen LogP contribution >= 0.6 is 0 Å². The quantitative estimate of drug-likeness (QED) is 0.655. The van der Waals surface area contributed by atoms with Gasteiger partial charge in [-0.25, -0.2) is 0 Å². The number of fused-ring (bicyclic) bond motifs is 1. The first kappa shape index (κ1) is 16.7. The lowest BCUT2D eigenvalue weighted by atomic mass is 10.1. The molecule has 1 aromatic heterocycles. The summed E-state index contributed by atoms with van der Waals surface area (Å²) in [6.45, 7) is 6.24. The van der Waals surface area contributed by atoms with Gasteiger partial charge in [-0.05, 0) is 37.6 Å². The molecule has 0 bridgehead atoms. The van der Waals surface area contributed by atoms with E-state index in [4.69, 9.17) is 0 Å². The fourth-order valence-electron chi connectivity index (χ4n) is 3.47. The van der Waals surface area contributed by atoms with Crippen LogP contribution in [0.25, 0.3) is 10.9 Å². The normalized spacial score (nSPS) is 18.9. The summed E-state index contributed by atoms with van der Waals surface area (Å²) in [7, 11) is 1.82. The van der Waals surface area contributed by atoms with Crippen LogP contribution in [0.2, 0.25) is 0 Å². The molecule has 128 valence electrons. The average Bonchev–Trinajstić information content (AvgIpc) is 3.09. The van der Waals surface area contributed by atoms with Crippen molar-refractivity contribution >= 4 is 16.9 Å². The van der Waals surface area contributed by atoms with Crippen molar-refractivity contribution in [3.05, 3.63) is 42.1 Å². The van der Waals surface area contributed by atoms with Gasteiger partial charge in [0.2, 0.25) is 0 Å². The highest BCUT2D eigenvalue weighted by molar-refractivity contribution is 5.83. The number of aliphatic imine (C=N–C) groups is 1. The molecule has 2 N–H and O–H groups in total. The molecule has 0 amide bonds. The molecule has 5 heteroatoms. The van der Waals surface area contributed by atoms with E-state index in [2.05, 4.69) is 56.7 Å². The second-order valence-corrected chi connectivity index (χ2v) is 6.22. The Kier molecular flexibility index (Phi) is 5.64. The van der Waals surface area contributed by atoms with Crippen molar-refractivity contribution in [1.82, 2.24) is 20.5 Å². The summed E-state index contributed by atoms with van der Waals surface area (Å²) in [6.07, 6.45) is 4.41. The highest BCUT2D eigenvalue weighted by Gasteiger charge is 2.22. The van der Waals surface area contributed by atoms with Gasteiger partial charge in [-0.1, -0.05) is 31.2 Å². The van der Waals surface area contributed by atoms with Gasteiger partial charge in [-0.3, -0.25) is 14.9 Å². The van der Waals surface area contributed by atoms with Gasteiger partial charge >= 0.3 is 0 Å². The van der Waals surface area contributed by atoms with Crippen LogP contribution in [0.4, 0.5) is 0 Å². The first-order valence-corrected chi connectivity index (χ1v) is 8.83. The standard InChI is InChI=1S/C19H27N5/c1-3-24-12-6-10-17(24)14-23-19(20-2)22-13-16-8-4-7-15-9-5-11-21-18(15)16/h4-5,7-9,11,17H,3,6,10,12-14H2,1-2H3,(H2,20,22,23). The predicted molar refractivity (Wildman–Crippen MR) is 100 cm³/mol. The highest BCUT2D eigenvalue weighted by Crippen LogP contribution is 2.16. The zero-order valence-electron chi connectivity index (χ0n) is 14.6. The summed E-state index contributed by atoms with van der Waals surface area (Å²) in [5.41, 5.74) is 2.24. The molecule has 2 heterocycles. The average molecular weight is 325 g/mol. The lowest BCUT2D eigenvalue weighted by Gasteiger charge is -2.24. The molecule has 5 nitrogen and oxygen atoms in total. The second-order valence-electron chi connectivity index (χ2n) is 6.22. The second kappa shape index (κ2) is 8.11. The maximum Gasteiger partial charge on any atom is 0.191 e. The van der Waals surface area contributed by atoms with Gasteiger partial charge in [0.05, 0.1) is 5.52 Å². The van der Waals surface area contributed by atoms with Crippen molar-refractivity contribution in [3.63, 3.8) is 0 Å². The van der Waals surface area contributed by atoms with E-state index in [0.29, 0.717) is 6.04 Å². The Labute approximate surface area is 144 Å². The van der Waals surface area contributed by atoms with E-state index < -0.39 is 0 Å². The van der Waals surface area contributed by atoms with E-state index >= 15 is 0 Å². The van der Waals surface area contributed by atoms with Crippen molar-refractivity contribution in [2.45, 2.75) is 32.4 Å². The molecule has 1 aliphatic heterocycles. The molecule has 0 spiro atoms. The number of aromatic nitrogens is 1. The van der Waals surface area contributed by atoms with Gasteiger partial charge in [0.25, 0.3) is 0 Å². The third-order valence-corrected chi connectivity index (χ3v) is 4.80. The topological polar surface area (TPSA) is 52.5 Å². The molecule has 1 aliphatic rings. The Balaban J connectivity index is 1.58. The number of hydrogen-bond acceptors (Lipinski definition) is 3. The summed E-state index contributed by atoms with van der Waals surface area (Å²) in [6, 6.07) is 11.0. The van der Waals surface area contributed by atoms with Crippen LogP contribution in [0, 0.1) is 0 Å². The molecule has 0 saturated carbocycles. The Hall–Kier alpha value is -2.14. The molecule has 24 heavy (non-hydrogen) atoms. The largest absolute Gasteiger partial charge is 0.355 e. The van der Waals surface area contributed by atoms with Crippen LogP contribution in [0.3, 0.4) is 0 Å². The van der Waals surface area contributed by atoms with E-state index in [1.54, 1.807) is 0 Å². The van der Waals surface area contributed by atoms with Gasteiger partial charge in [0, 0.05) is 37.8 Å². The number of hydrogen-bond donors (Lipinski definition) is 2. The summed E-state index contributed by atoms with van der Waals surface area (Å²) in [5.74, 6) is 0.853. The molecular formula is C19H27N5. The minimum Gasteiger partial charge on any atom is -0.355 e. The number of likely N-dealkylation sites (N-methyl/N-ethyl adjacent to an activating group) is 1. The number of nitrogens with zero attached hydrogens (tertiary/aromatic N) is 3. The maximum atomic E-state index is 4.51. The monoisotopic (exact) mass is 325 g/mol. The van der Waals surface area contributed by atoms with Crippen molar-refractivity contribution < 1.29 is 0 Å². The van der Waals surface area contributed by atoms with Crippen molar-refractivity contribution in [3.8, 4) is 0 Å². The molecule has 3 rings (SSSR count). The predicted octanol–water partition coefficient (Wildman–Crippen LogP) is 2.38. The Morgan fingerprint density at radius 1 is 1.29 bits per heavy atom. The molecule has 1 unspecified atom stereocenters. The fraction of sp³-hybridized carbons (Fsp3) is 0.474. The Morgan fingerprint density at radius 3 is 3.00 bits per heavy atom. The number of para-hydroxylation sites is 1. The van der Waals surface area contributed by atoms with Crippen LogP contribution in [0.15, 0.2) is 41.5 Å². The number of guanidine groups is 1. The fourth-order valence-corrected chi connectivity index (χ4v) is 3.47. The molecule has 1 atom stereocenters. The van der Waals surface area contributed by atoms with E-state index in [1.165, 1.54) is 30.3 Å². The summed E-state index contributed by atoms with van der Waals surface area (Å²) in [5, 5.41) is 8.06. The minimum absolute atomic E-state index is 0.618. The van der Waals surface area contributed by atoms with Crippen molar-refractivity contribution in [2.24, 2.45) is 4.99 Å². The van der Waals surface area contributed by atoms with E-state index in [9.17, 15) is 0 Å². The zero-order chi connectivity index (χ0) is 16.8. The number of pyridine rings is 1. The van der Waals surface area contributed by atoms with E-state index in [-0.39, 0.29) is 0 Å². The number of rotatable bonds is 5. The maximum absolute atomic E-state index is 4.51. The van der Waals surface area contributed by atoms with Crippen molar-refractivity contribution in [2.75, 3.05) is 26.7 Å². The summed E-state index contributed by atoms with van der Waals surface area (Å²) in [4.78, 5) is 11.4. The molecule has 0 radical (unpaired) electrons. The van der Waals surface area contributed by atoms with Gasteiger partial charge < -0.3 is 10.6 Å². The van der Waals surface area contributed by atoms with Crippen molar-refractivity contribution in [1.29, 1.82) is 0 Å². The van der Waals surface area contributed by atoms with Crippen LogP contribution in [0.1, 0.15) is 25.3 Å². The number of likely N-dealkylation sites (tertiary alicyclic amines) is 1. The zero-order valence-corrected chi connectivity index (χ0v) is 14.6. The van der Waals surface area contributed by atoms with Gasteiger partial charge in [-0.2, -0.15) is 0 Å². The number of nitrogens with one attached hydrogen (secondary N) is 2. The SMILES string of the molecule is CCN1CCCC1CNC(=NC)NCc1cccc2cccnc12. The van der Waals surface area contributed by atoms with E-state index in [1.807, 2.05) is 19.3 Å².